The minimum absolute atomic E-state index is 0. The quantitative estimate of drug-likeness (QED) is 0.442. The first-order valence-corrected chi connectivity index (χ1v) is 6.00. The minimum atomic E-state index is -11.2. The zero-order valence-electron chi connectivity index (χ0n) is 3.16. The van der Waals surface area contributed by atoms with Crippen LogP contribution in [-0.2, 0) is 40.2 Å². The fraction of sp³-hybridized carbons (Fsp3) is 0. The van der Waals surface area contributed by atoms with Crippen molar-refractivity contribution in [1.82, 2.24) is 0 Å². The molecule has 0 nitrogen and oxygen atoms in total. The van der Waals surface area contributed by atoms with E-state index < -0.39 is 17.8 Å². The van der Waals surface area contributed by atoms with Crippen molar-refractivity contribution in [3.05, 3.63) is 0 Å². The zero-order chi connectivity index (χ0) is 6.41. The van der Waals surface area contributed by atoms with Gasteiger partial charge in [0.25, 0.3) is 0 Å². The molecule has 0 spiro atoms. The average Bonchev–Trinajstić information content (AvgIpc) is 0.592. The molecular formula is F6NbTa. The maximum Gasteiger partial charge on any atom is 0 e. The van der Waals surface area contributed by atoms with E-state index in [1.54, 1.807) is 0 Å². The summed E-state index contributed by atoms with van der Waals surface area (Å²) in [5.41, 5.74) is 0. The SMILES string of the molecule is [F][Nb]([F])([F])([F])([F])[F].[Ta]. The summed E-state index contributed by atoms with van der Waals surface area (Å²) in [6.07, 6.45) is 0. The van der Waals surface area contributed by atoms with Gasteiger partial charge in [-0.15, -0.1) is 0 Å². The summed E-state index contributed by atoms with van der Waals surface area (Å²) < 4.78 is 59.6. The van der Waals surface area contributed by atoms with Gasteiger partial charge in [-0.05, 0) is 0 Å². The molecule has 0 aliphatic heterocycles. The van der Waals surface area contributed by atoms with E-state index in [0.717, 1.165) is 0 Å². The van der Waals surface area contributed by atoms with E-state index >= 15 is 0 Å². The molecule has 0 unspecified atom stereocenters. The molecule has 0 aromatic carbocycles. The van der Waals surface area contributed by atoms with Gasteiger partial charge in [0.05, 0.1) is 0 Å². The summed E-state index contributed by atoms with van der Waals surface area (Å²) in [5, 5.41) is 0. The summed E-state index contributed by atoms with van der Waals surface area (Å²) in [5.74, 6) is 0. The summed E-state index contributed by atoms with van der Waals surface area (Å²) in [7, 11) is 0. The van der Waals surface area contributed by atoms with Crippen molar-refractivity contribution in [2.45, 2.75) is 0 Å². The molecule has 8 heavy (non-hydrogen) atoms. The second-order valence-electron chi connectivity index (χ2n) is 0.958. The van der Waals surface area contributed by atoms with E-state index in [4.69, 9.17) is 0 Å². The maximum atomic E-state index is 9.93. The first-order valence-electron chi connectivity index (χ1n) is 1.01. The van der Waals surface area contributed by atoms with Crippen molar-refractivity contribution in [3.8, 4) is 0 Å². The van der Waals surface area contributed by atoms with Crippen LogP contribution in [-0.4, -0.2) is 0 Å². The van der Waals surface area contributed by atoms with Gasteiger partial charge in [-0.3, -0.25) is 0 Å². The molecule has 0 rings (SSSR count). The van der Waals surface area contributed by atoms with Crippen LogP contribution in [0.1, 0.15) is 0 Å². The van der Waals surface area contributed by atoms with Crippen LogP contribution in [0.3, 0.4) is 0 Å². The summed E-state index contributed by atoms with van der Waals surface area (Å²) in [6.45, 7) is 0. The third kappa shape index (κ3) is 231. The van der Waals surface area contributed by atoms with Crippen LogP contribution < -0.4 is 0 Å². The van der Waals surface area contributed by atoms with Gasteiger partial charge in [-0.25, -0.2) is 0 Å². The fourth-order valence-corrected chi connectivity index (χ4v) is 0. The van der Waals surface area contributed by atoms with Crippen molar-refractivity contribution in [1.29, 1.82) is 0 Å². The van der Waals surface area contributed by atoms with E-state index in [9.17, 15) is 18.1 Å². The van der Waals surface area contributed by atoms with Crippen LogP contribution in [0.4, 0.5) is 18.1 Å². The molecule has 1 radical (unpaired) electrons. The molecule has 0 saturated carbocycles. The number of hydrogen-bond acceptors (Lipinski definition) is 0. The third-order valence-electron chi connectivity index (χ3n) is 0. The molecule has 0 aromatic rings. The smallest absolute Gasteiger partial charge is 0 e. The number of halogens is 6. The van der Waals surface area contributed by atoms with Gasteiger partial charge in [0.1, 0.15) is 0 Å². The average molecular weight is 388 g/mol. The normalized spacial score (nSPS) is 20.2. The Bertz CT molecular complexity index is 67.1. The van der Waals surface area contributed by atoms with E-state index in [2.05, 4.69) is 0 Å². The van der Waals surface area contributed by atoms with Gasteiger partial charge < -0.3 is 0 Å². The molecule has 0 saturated heterocycles. The number of hydrogen-bond donors (Lipinski definition) is 0. The first-order chi connectivity index (χ1) is 2.45. The predicted molar refractivity (Wildman–Crippen MR) is 6.65 cm³/mol. The van der Waals surface area contributed by atoms with Crippen LogP contribution in [0.25, 0.3) is 0 Å². The van der Waals surface area contributed by atoms with Crippen molar-refractivity contribution in [2.75, 3.05) is 0 Å². The van der Waals surface area contributed by atoms with Gasteiger partial charge in [0.15, 0.2) is 0 Å². The Morgan fingerprint density at radius 2 is 0.625 bits per heavy atom. The molecule has 0 bridgehead atoms. The van der Waals surface area contributed by atoms with Crippen molar-refractivity contribution >= 4 is 0 Å². The standard InChI is InChI=1S/6FH.Nb.Ta/h6*1H;;/q;;;;;;+6;/p-6. The Morgan fingerprint density at radius 1 is 0.625 bits per heavy atom. The van der Waals surface area contributed by atoms with E-state index in [-0.39, 0.29) is 22.4 Å². The van der Waals surface area contributed by atoms with Crippen LogP contribution in [0.2, 0.25) is 0 Å². The Morgan fingerprint density at radius 3 is 0.625 bits per heavy atom. The maximum absolute atomic E-state index is 11.2. The third-order valence-corrected chi connectivity index (χ3v) is 0. The Hall–Kier alpha value is 1.06. The molecule has 0 aliphatic rings. The molecule has 0 aromatic heterocycles. The molecule has 0 N–H and O–H groups in total. The molecule has 8 heteroatoms. The van der Waals surface area contributed by atoms with Crippen molar-refractivity contribution < 1.29 is 58.3 Å². The van der Waals surface area contributed by atoms with Crippen molar-refractivity contribution in [3.63, 3.8) is 0 Å². The molecule has 0 amide bonds. The summed E-state index contributed by atoms with van der Waals surface area (Å²) in [6, 6.07) is 0. The van der Waals surface area contributed by atoms with Gasteiger partial charge in [-0.1, -0.05) is 0 Å². The Kier molecular flexibility index (Phi) is 2.30. The Labute approximate surface area is 58.3 Å². The van der Waals surface area contributed by atoms with Gasteiger partial charge in [-0.2, -0.15) is 0 Å². The monoisotopic (exact) mass is 388 g/mol. The minimum Gasteiger partial charge on any atom is 0 e. The van der Waals surface area contributed by atoms with Crippen LogP contribution >= 0.6 is 0 Å². The Balaban J connectivity index is 0. The van der Waals surface area contributed by atoms with E-state index in [1.165, 1.54) is 0 Å². The summed E-state index contributed by atoms with van der Waals surface area (Å²) >= 11 is -11.2. The molecular weight excluding hydrogens is 388 g/mol. The van der Waals surface area contributed by atoms with Gasteiger partial charge in [0, 0.05) is 22.4 Å². The second-order valence-corrected chi connectivity index (χ2v) is 5.67. The van der Waals surface area contributed by atoms with Crippen molar-refractivity contribution in [2.24, 2.45) is 0 Å². The van der Waals surface area contributed by atoms with Crippen LogP contribution in [0.5, 0.6) is 0 Å². The molecule has 0 fully saturated rings. The number of rotatable bonds is 0. The fourth-order valence-electron chi connectivity index (χ4n) is 0. The molecule has 0 heterocycles. The first kappa shape index (κ1) is 11.8. The predicted octanol–water partition coefficient (Wildman–Crippen LogP) is 2.52. The molecule has 52 valence electrons. The second kappa shape index (κ2) is 1.56. The van der Waals surface area contributed by atoms with Crippen LogP contribution in [0.15, 0.2) is 0 Å². The van der Waals surface area contributed by atoms with E-state index in [1.807, 2.05) is 0 Å². The van der Waals surface area contributed by atoms with E-state index in [0.29, 0.717) is 0 Å². The largest absolute Gasteiger partial charge is 0 e. The zero-order valence-corrected chi connectivity index (χ0v) is 8.57. The van der Waals surface area contributed by atoms with Crippen LogP contribution in [0, 0.1) is 0 Å². The van der Waals surface area contributed by atoms with Gasteiger partial charge >= 0.3 is 35.9 Å². The van der Waals surface area contributed by atoms with Gasteiger partial charge in [0.2, 0.25) is 0 Å². The summed E-state index contributed by atoms with van der Waals surface area (Å²) in [4.78, 5) is 0. The topological polar surface area (TPSA) is 0 Å². The molecule has 0 atom stereocenters. The molecule has 0 aliphatic carbocycles.